The van der Waals surface area contributed by atoms with Gasteiger partial charge in [-0.15, -0.1) is 0 Å². The summed E-state index contributed by atoms with van der Waals surface area (Å²) < 4.78 is 5.25. The molecule has 1 saturated heterocycles. The second-order valence-electron chi connectivity index (χ2n) is 5.26. The van der Waals surface area contributed by atoms with E-state index in [1.54, 1.807) is 4.90 Å². The fourth-order valence-corrected chi connectivity index (χ4v) is 1.64. The van der Waals surface area contributed by atoms with Crippen LogP contribution in [0.15, 0.2) is 10.6 Å². The van der Waals surface area contributed by atoms with Crippen LogP contribution in [0.3, 0.4) is 0 Å². The van der Waals surface area contributed by atoms with Crippen LogP contribution in [0.2, 0.25) is 0 Å². The lowest BCUT2D eigenvalue weighted by atomic mass is 9.93. The van der Waals surface area contributed by atoms with Gasteiger partial charge in [0.05, 0.1) is 0 Å². The van der Waals surface area contributed by atoms with Crippen molar-refractivity contribution in [3.8, 4) is 0 Å². The van der Waals surface area contributed by atoms with Crippen LogP contribution < -0.4 is 10.2 Å². The van der Waals surface area contributed by atoms with Crippen LogP contribution in [0.25, 0.3) is 0 Å². The standard InChI is InChI=1S/C11H17N3O2/c1-7-6-14(10(15)12-7)9-5-8(16-13-9)11(2,3)4/h5,7H,6H2,1-4H3,(H,12,15). The van der Waals surface area contributed by atoms with E-state index in [1.807, 2.05) is 33.8 Å². The number of nitrogens with one attached hydrogen (secondary N) is 1. The average Bonchev–Trinajstić information content (AvgIpc) is 2.70. The highest BCUT2D eigenvalue weighted by atomic mass is 16.5. The normalized spacial score (nSPS) is 21.4. The van der Waals surface area contributed by atoms with E-state index in [9.17, 15) is 4.79 Å². The molecular formula is C11H17N3O2. The van der Waals surface area contributed by atoms with Gasteiger partial charge in [-0.2, -0.15) is 0 Å². The topological polar surface area (TPSA) is 58.4 Å². The van der Waals surface area contributed by atoms with Crippen molar-refractivity contribution in [2.75, 3.05) is 11.4 Å². The second-order valence-corrected chi connectivity index (χ2v) is 5.26. The Morgan fingerprint density at radius 3 is 2.69 bits per heavy atom. The Bertz CT molecular complexity index is 406. The molecule has 0 aromatic carbocycles. The summed E-state index contributed by atoms with van der Waals surface area (Å²) >= 11 is 0. The molecule has 1 aliphatic heterocycles. The molecule has 0 spiro atoms. The van der Waals surface area contributed by atoms with Gasteiger partial charge < -0.3 is 9.84 Å². The van der Waals surface area contributed by atoms with Crippen LogP contribution in [-0.2, 0) is 5.41 Å². The summed E-state index contributed by atoms with van der Waals surface area (Å²) in [5.41, 5.74) is -0.0902. The number of aromatic nitrogens is 1. The third kappa shape index (κ3) is 1.89. The molecule has 1 N–H and O–H groups in total. The predicted octanol–water partition coefficient (Wildman–Crippen LogP) is 1.89. The van der Waals surface area contributed by atoms with Crippen molar-refractivity contribution in [3.63, 3.8) is 0 Å². The number of rotatable bonds is 1. The van der Waals surface area contributed by atoms with Crippen LogP contribution >= 0.6 is 0 Å². The molecule has 0 saturated carbocycles. The van der Waals surface area contributed by atoms with Crippen molar-refractivity contribution in [2.24, 2.45) is 0 Å². The molecule has 16 heavy (non-hydrogen) atoms. The molecule has 2 rings (SSSR count). The van der Waals surface area contributed by atoms with Gasteiger partial charge in [0.25, 0.3) is 0 Å². The van der Waals surface area contributed by atoms with Gasteiger partial charge in [0, 0.05) is 24.1 Å². The number of amides is 2. The Morgan fingerprint density at radius 2 is 2.25 bits per heavy atom. The highest BCUT2D eigenvalue weighted by molar-refractivity contribution is 5.93. The third-order valence-corrected chi connectivity index (χ3v) is 2.58. The number of hydrogen-bond donors (Lipinski definition) is 1. The predicted molar refractivity (Wildman–Crippen MR) is 60.5 cm³/mol. The van der Waals surface area contributed by atoms with Gasteiger partial charge >= 0.3 is 6.03 Å². The molecule has 2 heterocycles. The number of hydrogen-bond acceptors (Lipinski definition) is 3. The lowest BCUT2D eigenvalue weighted by molar-refractivity contribution is 0.250. The highest BCUT2D eigenvalue weighted by Gasteiger charge is 2.30. The first-order chi connectivity index (χ1) is 7.38. The van der Waals surface area contributed by atoms with Gasteiger partial charge in [-0.25, -0.2) is 4.79 Å². The van der Waals surface area contributed by atoms with Crippen molar-refractivity contribution in [3.05, 3.63) is 11.8 Å². The minimum absolute atomic E-state index is 0.0902. The Morgan fingerprint density at radius 1 is 1.56 bits per heavy atom. The van der Waals surface area contributed by atoms with Crippen molar-refractivity contribution in [1.29, 1.82) is 0 Å². The van der Waals surface area contributed by atoms with Crippen molar-refractivity contribution >= 4 is 11.8 Å². The maximum Gasteiger partial charge on any atom is 0.323 e. The monoisotopic (exact) mass is 223 g/mol. The summed E-state index contributed by atoms with van der Waals surface area (Å²) in [6.07, 6.45) is 0. The zero-order valence-corrected chi connectivity index (χ0v) is 10.1. The minimum atomic E-state index is -0.110. The molecule has 0 aliphatic carbocycles. The molecule has 5 heteroatoms. The number of carbonyl (C=O) groups excluding carboxylic acids is 1. The van der Waals surface area contributed by atoms with E-state index in [0.29, 0.717) is 12.4 Å². The SMILES string of the molecule is CC1CN(c2cc(C(C)(C)C)on2)C(=O)N1. The van der Waals surface area contributed by atoms with E-state index in [1.165, 1.54) is 0 Å². The maximum atomic E-state index is 11.6. The Hall–Kier alpha value is -1.52. The molecule has 0 radical (unpaired) electrons. The highest BCUT2D eigenvalue weighted by Crippen LogP contribution is 2.27. The first kappa shape index (κ1) is 11.0. The maximum absolute atomic E-state index is 11.6. The quantitative estimate of drug-likeness (QED) is 0.791. The van der Waals surface area contributed by atoms with E-state index in [0.717, 1.165) is 5.76 Å². The summed E-state index contributed by atoms with van der Waals surface area (Å²) in [5, 5.41) is 6.76. The summed E-state index contributed by atoms with van der Waals surface area (Å²) in [5.74, 6) is 1.38. The third-order valence-electron chi connectivity index (χ3n) is 2.58. The van der Waals surface area contributed by atoms with Crippen LogP contribution in [0.4, 0.5) is 10.6 Å². The largest absolute Gasteiger partial charge is 0.359 e. The molecule has 1 atom stereocenters. The van der Waals surface area contributed by atoms with Gasteiger partial charge in [0.1, 0.15) is 5.76 Å². The van der Waals surface area contributed by atoms with E-state index in [2.05, 4.69) is 10.5 Å². The van der Waals surface area contributed by atoms with Crippen LogP contribution in [0.5, 0.6) is 0 Å². The van der Waals surface area contributed by atoms with E-state index < -0.39 is 0 Å². The van der Waals surface area contributed by atoms with E-state index in [-0.39, 0.29) is 17.5 Å². The van der Waals surface area contributed by atoms with Crippen molar-refractivity contribution in [1.82, 2.24) is 10.5 Å². The molecule has 1 aromatic heterocycles. The number of anilines is 1. The molecule has 5 nitrogen and oxygen atoms in total. The smallest absolute Gasteiger partial charge is 0.323 e. The number of nitrogens with zero attached hydrogens (tertiary/aromatic N) is 2. The molecule has 88 valence electrons. The molecule has 2 amide bonds. The van der Waals surface area contributed by atoms with Crippen LogP contribution in [0, 0.1) is 0 Å². The number of urea groups is 1. The van der Waals surface area contributed by atoms with Gasteiger partial charge in [-0.1, -0.05) is 25.9 Å². The van der Waals surface area contributed by atoms with Gasteiger partial charge in [-0.05, 0) is 6.92 Å². The lowest BCUT2D eigenvalue weighted by Gasteiger charge is -2.12. The van der Waals surface area contributed by atoms with Crippen molar-refractivity contribution in [2.45, 2.75) is 39.2 Å². The lowest BCUT2D eigenvalue weighted by Crippen LogP contribution is -2.28. The fraction of sp³-hybridized carbons (Fsp3) is 0.636. The average molecular weight is 223 g/mol. The molecule has 1 fully saturated rings. The van der Waals surface area contributed by atoms with E-state index >= 15 is 0 Å². The summed E-state index contributed by atoms with van der Waals surface area (Å²) in [7, 11) is 0. The second kappa shape index (κ2) is 3.50. The Labute approximate surface area is 94.8 Å². The summed E-state index contributed by atoms with van der Waals surface area (Å²) in [6.45, 7) is 8.73. The number of carbonyl (C=O) groups is 1. The fourth-order valence-electron chi connectivity index (χ4n) is 1.64. The first-order valence-corrected chi connectivity index (χ1v) is 5.43. The van der Waals surface area contributed by atoms with Crippen LogP contribution in [-0.4, -0.2) is 23.8 Å². The summed E-state index contributed by atoms with van der Waals surface area (Å²) in [6, 6.07) is 1.88. The minimum Gasteiger partial charge on any atom is -0.359 e. The van der Waals surface area contributed by atoms with Crippen LogP contribution in [0.1, 0.15) is 33.5 Å². The summed E-state index contributed by atoms with van der Waals surface area (Å²) in [4.78, 5) is 13.2. The molecule has 0 bridgehead atoms. The molecule has 1 aromatic rings. The zero-order chi connectivity index (χ0) is 11.9. The Balaban J connectivity index is 2.23. The van der Waals surface area contributed by atoms with Gasteiger partial charge in [0.2, 0.25) is 0 Å². The van der Waals surface area contributed by atoms with Crippen molar-refractivity contribution < 1.29 is 9.32 Å². The zero-order valence-electron chi connectivity index (χ0n) is 10.1. The van der Waals surface area contributed by atoms with Gasteiger partial charge in [-0.3, -0.25) is 4.90 Å². The Kier molecular flexibility index (Phi) is 2.40. The van der Waals surface area contributed by atoms with Gasteiger partial charge in [0.15, 0.2) is 5.82 Å². The molecule has 1 unspecified atom stereocenters. The van der Waals surface area contributed by atoms with E-state index in [4.69, 9.17) is 4.52 Å². The molecular weight excluding hydrogens is 206 g/mol. The molecule has 1 aliphatic rings. The first-order valence-electron chi connectivity index (χ1n) is 5.43.